The second-order valence-corrected chi connectivity index (χ2v) is 4.38. The lowest BCUT2D eigenvalue weighted by molar-refractivity contribution is 0.459. The van der Waals surface area contributed by atoms with Crippen LogP contribution in [0.1, 0.15) is 25.6 Å². The van der Waals surface area contributed by atoms with Crippen molar-refractivity contribution in [1.29, 1.82) is 0 Å². The van der Waals surface area contributed by atoms with Crippen molar-refractivity contribution in [3.05, 3.63) is 53.9 Å². The first-order valence-corrected chi connectivity index (χ1v) is 6.42. The van der Waals surface area contributed by atoms with Crippen molar-refractivity contribution in [2.45, 2.75) is 19.9 Å². The third-order valence-electron chi connectivity index (χ3n) is 2.84. The zero-order valence-corrected chi connectivity index (χ0v) is 11.4. The Hall–Kier alpha value is -2.01. The van der Waals surface area contributed by atoms with Crippen molar-refractivity contribution in [2.24, 2.45) is 0 Å². The van der Waals surface area contributed by atoms with Gasteiger partial charge in [0, 0.05) is 12.1 Å². The Bertz CT molecular complexity index is 573. The van der Waals surface area contributed by atoms with Crippen molar-refractivity contribution in [1.82, 2.24) is 10.3 Å². The highest BCUT2D eigenvalue weighted by Crippen LogP contribution is 2.23. The molecule has 2 rings (SSSR count). The molecule has 1 atom stereocenters. The lowest BCUT2D eigenvalue weighted by atomic mass is 10.2. The molecule has 5 heteroatoms. The lowest BCUT2D eigenvalue weighted by Gasteiger charge is -2.12. The summed E-state index contributed by atoms with van der Waals surface area (Å²) in [5, 5.41) is 3.25. The Balaban J connectivity index is 2.08. The van der Waals surface area contributed by atoms with Crippen molar-refractivity contribution in [2.75, 3.05) is 6.54 Å². The van der Waals surface area contributed by atoms with Gasteiger partial charge in [0.25, 0.3) is 0 Å². The van der Waals surface area contributed by atoms with E-state index in [1.165, 1.54) is 6.07 Å². The molecule has 0 aliphatic rings. The molecule has 3 nitrogen and oxygen atoms in total. The minimum atomic E-state index is -0.937. The van der Waals surface area contributed by atoms with E-state index in [4.69, 9.17) is 4.74 Å². The van der Waals surface area contributed by atoms with Crippen LogP contribution in [0.4, 0.5) is 8.78 Å². The van der Waals surface area contributed by atoms with Gasteiger partial charge in [0.05, 0.1) is 11.9 Å². The summed E-state index contributed by atoms with van der Waals surface area (Å²) in [6.07, 6.45) is 1.56. The third kappa shape index (κ3) is 3.51. The van der Waals surface area contributed by atoms with Gasteiger partial charge < -0.3 is 10.1 Å². The van der Waals surface area contributed by atoms with Gasteiger partial charge in [-0.3, -0.25) is 4.98 Å². The SMILES string of the molecule is CCNC(C)c1ccc(Oc2ccc(F)c(F)c2)cn1. The molecule has 20 heavy (non-hydrogen) atoms. The van der Waals surface area contributed by atoms with Crippen LogP contribution in [0.25, 0.3) is 0 Å². The van der Waals surface area contributed by atoms with Crippen LogP contribution in [0.2, 0.25) is 0 Å². The third-order valence-corrected chi connectivity index (χ3v) is 2.84. The highest BCUT2D eigenvalue weighted by molar-refractivity contribution is 5.31. The largest absolute Gasteiger partial charge is 0.456 e. The van der Waals surface area contributed by atoms with Gasteiger partial charge in [-0.05, 0) is 37.7 Å². The molecule has 0 aliphatic carbocycles. The van der Waals surface area contributed by atoms with E-state index in [-0.39, 0.29) is 11.8 Å². The monoisotopic (exact) mass is 278 g/mol. The molecule has 1 aromatic carbocycles. The van der Waals surface area contributed by atoms with Gasteiger partial charge in [0.2, 0.25) is 0 Å². The van der Waals surface area contributed by atoms with Crippen molar-refractivity contribution < 1.29 is 13.5 Å². The number of nitrogens with one attached hydrogen (secondary N) is 1. The molecule has 0 fully saturated rings. The van der Waals surface area contributed by atoms with E-state index in [1.807, 2.05) is 19.9 Å². The molecular weight excluding hydrogens is 262 g/mol. The maximum Gasteiger partial charge on any atom is 0.162 e. The van der Waals surface area contributed by atoms with E-state index in [0.717, 1.165) is 24.4 Å². The van der Waals surface area contributed by atoms with Gasteiger partial charge in [-0.25, -0.2) is 8.78 Å². The van der Waals surface area contributed by atoms with E-state index in [0.29, 0.717) is 5.75 Å². The Labute approximate surface area is 116 Å². The van der Waals surface area contributed by atoms with Crippen LogP contribution in [0.3, 0.4) is 0 Å². The average molecular weight is 278 g/mol. The molecule has 1 N–H and O–H groups in total. The summed E-state index contributed by atoms with van der Waals surface area (Å²) in [6.45, 7) is 4.90. The van der Waals surface area contributed by atoms with Crippen molar-refractivity contribution in [3.8, 4) is 11.5 Å². The van der Waals surface area contributed by atoms with Gasteiger partial charge in [-0.15, -0.1) is 0 Å². The van der Waals surface area contributed by atoms with Crippen LogP contribution in [0.15, 0.2) is 36.5 Å². The second kappa shape index (κ2) is 6.43. The van der Waals surface area contributed by atoms with Crippen LogP contribution in [0.5, 0.6) is 11.5 Å². The molecule has 2 aromatic rings. The number of pyridine rings is 1. The van der Waals surface area contributed by atoms with Crippen LogP contribution in [-0.2, 0) is 0 Å². The number of nitrogens with zero attached hydrogens (tertiary/aromatic N) is 1. The molecule has 1 heterocycles. The van der Waals surface area contributed by atoms with E-state index in [2.05, 4.69) is 10.3 Å². The van der Waals surface area contributed by atoms with E-state index in [1.54, 1.807) is 12.3 Å². The predicted octanol–water partition coefficient (Wildman–Crippen LogP) is 3.82. The molecule has 0 spiro atoms. The fraction of sp³-hybridized carbons (Fsp3) is 0.267. The van der Waals surface area contributed by atoms with E-state index < -0.39 is 11.6 Å². The van der Waals surface area contributed by atoms with E-state index >= 15 is 0 Å². The summed E-state index contributed by atoms with van der Waals surface area (Å²) in [5.74, 6) is -1.13. The number of aromatic nitrogens is 1. The van der Waals surface area contributed by atoms with Gasteiger partial charge in [-0.2, -0.15) is 0 Å². The van der Waals surface area contributed by atoms with Crippen molar-refractivity contribution in [3.63, 3.8) is 0 Å². The Kier molecular flexibility index (Phi) is 4.63. The maximum atomic E-state index is 13.1. The molecule has 1 unspecified atom stereocenters. The molecule has 0 saturated carbocycles. The first-order chi connectivity index (χ1) is 9.60. The Morgan fingerprint density at radius 3 is 2.50 bits per heavy atom. The number of rotatable bonds is 5. The highest BCUT2D eigenvalue weighted by atomic mass is 19.2. The molecule has 106 valence electrons. The number of hydrogen-bond acceptors (Lipinski definition) is 3. The zero-order chi connectivity index (χ0) is 14.5. The lowest BCUT2D eigenvalue weighted by Crippen LogP contribution is -2.18. The summed E-state index contributed by atoms with van der Waals surface area (Å²) in [7, 11) is 0. The van der Waals surface area contributed by atoms with Gasteiger partial charge in [-0.1, -0.05) is 6.92 Å². The number of benzene rings is 1. The fourth-order valence-electron chi connectivity index (χ4n) is 1.80. The molecular formula is C15H16F2N2O. The van der Waals surface area contributed by atoms with Gasteiger partial charge >= 0.3 is 0 Å². The first-order valence-electron chi connectivity index (χ1n) is 6.42. The smallest absolute Gasteiger partial charge is 0.162 e. The zero-order valence-electron chi connectivity index (χ0n) is 11.4. The minimum Gasteiger partial charge on any atom is -0.456 e. The van der Waals surface area contributed by atoms with Crippen LogP contribution >= 0.6 is 0 Å². The Morgan fingerprint density at radius 1 is 1.15 bits per heavy atom. The Morgan fingerprint density at radius 2 is 1.90 bits per heavy atom. The number of halogens is 2. The maximum absolute atomic E-state index is 13.1. The summed E-state index contributed by atoms with van der Waals surface area (Å²) in [4.78, 5) is 4.28. The quantitative estimate of drug-likeness (QED) is 0.902. The van der Waals surface area contributed by atoms with Crippen LogP contribution in [-0.4, -0.2) is 11.5 Å². The molecule has 0 amide bonds. The average Bonchev–Trinajstić information content (AvgIpc) is 2.44. The summed E-state index contributed by atoms with van der Waals surface area (Å²) in [6, 6.07) is 7.13. The number of ether oxygens (including phenoxy) is 1. The van der Waals surface area contributed by atoms with Crippen LogP contribution < -0.4 is 10.1 Å². The summed E-state index contributed by atoms with van der Waals surface area (Å²) in [5.41, 5.74) is 0.893. The molecule has 0 radical (unpaired) electrons. The standard InChI is InChI=1S/C15H16F2N2O/c1-3-18-10(2)15-7-5-12(9-19-15)20-11-4-6-13(16)14(17)8-11/h4-10,18H,3H2,1-2H3. The van der Waals surface area contributed by atoms with E-state index in [9.17, 15) is 8.78 Å². The summed E-state index contributed by atoms with van der Waals surface area (Å²) < 4.78 is 31.3. The molecule has 1 aromatic heterocycles. The number of hydrogen-bond donors (Lipinski definition) is 1. The highest BCUT2D eigenvalue weighted by Gasteiger charge is 2.07. The van der Waals surface area contributed by atoms with Gasteiger partial charge in [0.15, 0.2) is 11.6 Å². The van der Waals surface area contributed by atoms with Crippen LogP contribution in [0, 0.1) is 11.6 Å². The summed E-state index contributed by atoms with van der Waals surface area (Å²) >= 11 is 0. The van der Waals surface area contributed by atoms with Crippen molar-refractivity contribution >= 4 is 0 Å². The van der Waals surface area contributed by atoms with Gasteiger partial charge in [0.1, 0.15) is 11.5 Å². The fourth-order valence-corrected chi connectivity index (χ4v) is 1.80. The normalized spacial score (nSPS) is 12.2. The predicted molar refractivity (Wildman–Crippen MR) is 72.8 cm³/mol. The second-order valence-electron chi connectivity index (χ2n) is 4.38. The molecule has 0 bridgehead atoms. The minimum absolute atomic E-state index is 0.150. The first kappa shape index (κ1) is 14.4. The topological polar surface area (TPSA) is 34.1 Å². The molecule has 0 saturated heterocycles. The molecule has 0 aliphatic heterocycles.